The number of carbonyl (C=O) groups excluding carboxylic acids is 1. The van der Waals surface area contributed by atoms with Gasteiger partial charge in [-0.05, 0) is 25.3 Å². The Morgan fingerprint density at radius 1 is 1.12 bits per heavy atom. The van der Waals surface area contributed by atoms with Gasteiger partial charge in [-0.3, -0.25) is 4.79 Å². The van der Waals surface area contributed by atoms with E-state index in [-0.39, 0.29) is 0 Å². The maximum Gasteiger partial charge on any atom is 0.154 e. The van der Waals surface area contributed by atoms with Gasteiger partial charge in [-0.2, -0.15) is 0 Å². The average Bonchev–Trinajstić information content (AvgIpc) is 2.78. The number of hydrogen-bond donors (Lipinski definition) is 1. The lowest BCUT2D eigenvalue weighted by molar-refractivity contribution is 0.112. The third-order valence-corrected chi connectivity index (χ3v) is 3.52. The van der Waals surface area contributed by atoms with E-state index in [9.17, 15) is 4.79 Å². The molecule has 0 spiro atoms. The van der Waals surface area contributed by atoms with Crippen LogP contribution in [0.5, 0.6) is 0 Å². The summed E-state index contributed by atoms with van der Waals surface area (Å²) >= 11 is 0. The van der Waals surface area contributed by atoms with Crippen molar-refractivity contribution in [2.75, 3.05) is 18.0 Å². The second kappa shape index (κ2) is 4.24. The van der Waals surface area contributed by atoms with Crippen molar-refractivity contribution < 1.29 is 4.79 Å². The van der Waals surface area contributed by atoms with Crippen molar-refractivity contribution in [1.29, 1.82) is 0 Å². The number of carbonyl (C=O) groups is 1. The summed E-state index contributed by atoms with van der Waals surface area (Å²) in [5.41, 5.74) is 1.86. The number of hydrogen-bond acceptors (Lipinski definition) is 2. The van der Waals surface area contributed by atoms with Gasteiger partial charge in [0.25, 0.3) is 0 Å². The summed E-state index contributed by atoms with van der Waals surface area (Å²) in [7, 11) is 0. The number of fused-ring (bicyclic) bond motifs is 1. The first-order valence-corrected chi connectivity index (χ1v) is 6.21. The Balaban J connectivity index is 2.11. The van der Waals surface area contributed by atoms with Crippen LogP contribution in [0.1, 0.15) is 29.6 Å². The lowest BCUT2D eigenvalue weighted by Crippen LogP contribution is -2.30. The van der Waals surface area contributed by atoms with Crippen molar-refractivity contribution in [2.45, 2.75) is 19.3 Å². The molecule has 3 nitrogen and oxygen atoms in total. The highest BCUT2D eigenvalue weighted by Crippen LogP contribution is 2.29. The van der Waals surface area contributed by atoms with E-state index in [0.29, 0.717) is 0 Å². The van der Waals surface area contributed by atoms with E-state index >= 15 is 0 Å². The minimum absolute atomic E-state index is 0.808. The Bertz CT molecular complexity index is 538. The Morgan fingerprint density at radius 3 is 2.65 bits per heavy atom. The molecule has 17 heavy (non-hydrogen) atoms. The molecule has 3 heteroatoms. The van der Waals surface area contributed by atoms with Crippen molar-refractivity contribution in [2.24, 2.45) is 0 Å². The predicted octanol–water partition coefficient (Wildman–Crippen LogP) is 2.97. The molecule has 3 rings (SSSR count). The highest BCUT2D eigenvalue weighted by atomic mass is 16.1. The highest BCUT2D eigenvalue weighted by Gasteiger charge is 2.18. The van der Waals surface area contributed by atoms with Crippen LogP contribution in [0.4, 0.5) is 5.82 Å². The molecule has 2 aromatic rings. The molecule has 1 N–H and O–H groups in total. The van der Waals surface area contributed by atoms with Crippen LogP contribution in [0, 0.1) is 0 Å². The first kappa shape index (κ1) is 10.4. The third kappa shape index (κ3) is 1.71. The van der Waals surface area contributed by atoms with Gasteiger partial charge >= 0.3 is 0 Å². The van der Waals surface area contributed by atoms with Gasteiger partial charge in [0, 0.05) is 24.0 Å². The molecule has 1 saturated heterocycles. The number of H-pyrrole nitrogens is 1. The molecule has 0 amide bonds. The lowest BCUT2D eigenvalue weighted by atomic mass is 10.1. The largest absolute Gasteiger partial charge is 0.358 e. The average molecular weight is 228 g/mol. The van der Waals surface area contributed by atoms with E-state index in [2.05, 4.69) is 9.88 Å². The molecular formula is C14H16N2O. The number of aldehydes is 1. The standard InChI is InChI=1S/C14H16N2O/c17-10-12-11-6-2-3-7-13(11)15-14(12)16-8-4-1-5-9-16/h2-3,6-7,10,15H,1,4-5,8-9H2. The Kier molecular flexibility index (Phi) is 2.59. The second-order valence-electron chi connectivity index (χ2n) is 4.60. The van der Waals surface area contributed by atoms with Crippen molar-refractivity contribution >= 4 is 23.0 Å². The molecule has 0 saturated carbocycles. The van der Waals surface area contributed by atoms with Crippen molar-refractivity contribution in [3.8, 4) is 0 Å². The van der Waals surface area contributed by atoms with Crippen LogP contribution in [-0.2, 0) is 0 Å². The molecule has 1 fully saturated rings. The fourth-order valence-electron chi connectivity index (χ4n) is 2.64. The number of para-hydroxylation sites is 1. The van der Waals surface area contributed by atoms with Gasteiger partial charge in [-0.1, -0.05) is 18.2 Å². The van der Waals surface area contributed by atoms with Crippen molar-refractivity contribution in [3.05, 3.63) is 29.8 Å². The first-order chi connectivity index (χ1) is 8.40. The van der Waals surface area contributed by atoms with Gasteiger partial charge in [0.2, 0.25) is 0 Å². The molecule has 1 aliphatic rings. The van der Waals surface area contributed by atoms with Crippen LogP contribution < -0.4 is 4.90 Å². The van der Waals surface area contributed by atoms with Gasteiger partial charge in [-0.15, -0.1) is 0 Å². The molecule has 0 unspecified atom stereocenters. The van der Waals surface area contributed by atoms with Crippen LogP contribution in [0.2, 0.25) is 0 Å². The smallest absolute Gasteiger partial charge is 0.154 e. The zero-order valence-electron chi connectivity index (χ0n) is 9.78. The van der Waals surface area contributed by atoms with Crippen molar-refractivity contribution in [3.63, 3.8) is 0 Å². The molecule has 0 atom stereocenters. The summed E-state index contributed by atoms with van der Waals surface area (Å²) < 4.78 is 0. The maximum absolute atomic E-state index is 11.3. The number of aromatic amines is 1. The molecular weight excluding hydrogens is 212 g/mol. The third-order valence-electron chi connectivity index (χ3n) is 3.52. The molecule has 1 aromatic heterocycles. The summed E-state index contributed by atoms with van der Waals surface area (Å²) in [5, 5.41) is 1.03. The molecule has 1 aromatic carbocycles. The molecule has 2 heterocycles. The molecule has 1 aliphatic heterocycles. The molecule has 0 aliphatic carbocycles. The minimum atomic E-state index is 0.808. The Hall–Kier alpha value is -1.77. The predicted molar refractivity (Wildman–Crippen MR) is 69.8 cm³/mol. The van der Waals surface area contributed by atoms with E-state index in [1.54, 1.807) is 0 Å². The number of anilines is 1. The van der Waals surface area contributed by atoms with E-state index < -0.39 is 0 Å². The monoisotopic (exact) mass is 228 g/mol. The Morgan fingerprint density at radius 2 is 1.88 bits per heavy atom. The van der Waals surface area contributed by atoms with Crippen LogP contribution in [0.3, 0.4) is 0 Å². The molecule has 0 radical (unpaired) electrons. The molecule has 0 bridgehead atoms. The second-order valence-corrected chi connectivity index (χ2v) is 4.60. The van der Waals surface area contributed by atoms with Crippen LogP contribution in [-0.4, -0.2) is 24.4 Å². The quantitative estimate of drug-likeness (QED) is 0.802. The normalized spacial score (nSPS) is 16.4. The highest BCUT2D eigenvalue weighted by molar-refractivity contribution is 6.03. The molecule has 88 valence electrons. The zero-order valence-corrected chi connectivity index (χ0v) is 9.78. The number of benzene rings is 1. The fraction of sp³-hybridized carbons (Fsp3) is 0.357. The topological polar surface area (TPSA) is 36.1 Å². The number of nitrogens with zero attached hydrogens (tertiary/aromatic N) is 1. The van der Waals surface area contributed by atoms with Gasteiger partial charge in [0.1, 0.15) is 5.82 Å². The fourth-order valence-corrected chi connectivity index (χ4v) is 2.64. The van der Waals surface area contributed by atoms with Crippen LogP contribution in [0.15, 0.2) is 24.3 Å². The number of piperidine rings is 1. The first-order valence-electron chi connectivity index (χ1n) is 6.21. The maximum atomic E-state index is 11.3. The van der Waals surface area contributed by atoms with Crippen LogP contribution in [0.25, 0.3) is 10.9 Å². The van der Waals surface area contributed by atoms with Crippen molar-refractivity contribution in [1.82, 2.24) is 4.98 Å². The van der Waals surface area contributed by atoms with Gasteiger partial charge in [-0.25, -0.2) is 0 Å². The minimum Gasteiger partial charge on any atom is -0.358 e. The van der Waals surface area contributed by atoms with Gasteiger partial charge in [0.15, 0.2) is 6.29 Å². The summed E-state index contributed by atoms with van der Waals surface area (Å²) in [6.07, 6.45) is 4.71. The summed E-state index contributed by atoms with van der Waals surface area (Å²) in [4.78, 5) is 17.0. The zero-order chi connectivity index (χ0) is 11.7. The van der Waals surface area contributed by atoms with E-state index in [1.807, 2.05) is 24.3 Å². The van der Waals surface area contributed by atoms with E-state index in [4.69, 9.17) is 0 Å². The van der Waals surface area contributed by atoms with E-state index in [0.717, 1.165) is 41.7 Å². The SMILES string of the molecule is O=Cc1c(N2CCCCC2)[nH]c2ccccc12. The van der Waals surface area contributed by atoms with Crippen LogP contribution >= 0.6 is 0 Å². The number of aromatic nitrogens is 1. The Labute approximate surface area is 100 Å². The summed E-state index contributed by atoms with van der Waals surface area (Å²) in [6.45, 7) is 2.10. The van der Waals surface area contributed by atoms with Gasteiger partial charge in [0.05, 0.1) is 5.56 Å². The van der Waals surface area contributed by atoms with E-state index in [1.165, 1.54) is 19.3 Å². The number of rotatable bonds is 2. The summed E-state index contributed by atoms with van der Waals surface area (Å²) in [5.74, 6) is 1.00. The lowest BCUT2D eigenvalue weighted by Gasteiger charge is -2.27. The number of nitrogens with one attached hydrogen (secondary N) is 1. The summed E-state index contributed by atoms with van der Waals surface area (Å²) in [6, 6.07) is 8.00. The van der Waals surface area contributed by atoms with Gasteiger partial charge < -0.3 is 9.88 Å².